The predicted molar refractivity (Wildman–Crippen MR) is 108 cm³/mol. The lowest BCUT2D eigenvalue weighted by Gasteiger charge is -2.24. The van der Waals surface area contributed by atoms with Gasteiger partial charge in [0.2, 0.25) is 12.0 Å². The van der Waals surface area contributed by atoms with Crippen molar-refractivity contribution in [2.45, 2.75) is 33.5 Å². The molecule has 0 aliphatic heterocycles. The molecule has 6 nitrogen and oxygen atoms in total. The van der Waals surface area contributed by atoms with Crippen LogP contribution < -0.4 is 4.74 Å². The fraction of sp³-hybridized carbons (Fsp3) is 0.364. The van der Waals surface area contributed by atoms with Crippen LogP contribution >= 0.6 is 0 Å². The lowest BCUT2D eigenvalue weighted by molar-refractivity contribution is 0.0495. The minimum Gasteiger partial charge on any atom is -0.481 e. The first-order valence-electron chi connectivity index (χ1n) is 9.22. The van der Waals surface area contributed by atoms with Gasteiger partial charge in [0.05, 0.1) is 31.2 Å². The smallest absolute Gasteiger partial charge is 0.240 e. The van der Waals surface area contributed by atoms with Crippen LogP contribution in [0.5, 0.6) is 5.88 Å². The molecule has 0 radical (unpaired) electrons. The molecule has 1 aromatic heterocycles. The second kappa shape index (κ2) is 8.38. The van der Waals surface area contributed by atoms with E-state index in [0.29, 0.717) is 12.3 Å². The summed E-state index contributed by atoms with van der Waals surface area (Å²) in [5.74, 6) is 0.938. The maximum absolute atomic E-state index is 10.7. The second-order valence-corrected chi connectivity index (χ2v) is 7.00. The molecule has 1 aromatic carbocycles. The molecule has 0 fully saturated rings. The third kappa shape index (κ3) is 3.84. The number of aromatic nitrogens is 2. The van der Waals surface area contributed by atoms with E-state index in [9.17, 15) is 4.79 Å². The monoisotopic (exact) mass is 379 g/mol. The van der Waals surface area contributed by atoms with E-state index in [1.165, 1.54) is 0 Å². The van der Waals surface area contributed by atoms with Crippen molar-refractivity contribution in [2.75, 3.05) is 7.11 Å². The van der Waals surface area contributed by atoms with Crippen LogP contribution in [0.2, 0.25) is 0 Å². The number of hydrogen-bond acceptors (Lipinski definition) is 5. The van der Waals surface area contributed by atoms with Gasteiger partial charge in [0.1, 0.15) is 0 Å². The number of aliphatic imine (C=N–C) groups is 1. The number of hydrogen-bond donors (Lipinski definition) is 0. The highest BCUT2D eigenvalue weighted by Crippen LogP contribution is 2.32. The van der Waals surface area contributed by atoms with Crippen LogP contribution in [0.25, 0.3) is 5.57 Å². The summed E-state index contributed by atoms with van der Waals surface area (Å²) in [6.07, 6.45) is 7.82. The molecule has 1 aliphatic rings. The molecule has 2 atom stereocenters. The third-order valence-electron chi connectivity index (χ3n) is 5.08. The van der Waals surface area contributed by atoms with Gasteiger partial charge in [0.25, 0.3) is 0 Å². The van der Waals surface area contributed by atoms with Crippen molar-refractivity contribution in [2.24, 2.45) is 18.0 Å². The second-order valence-electron chi connectivity index (χ2n) is 7.00. The molecule has 0 spiro atoms. The Morgan fingerprint density at radius 2 is 2.11 bits per heavy atom. The summed E-state index contributed by atoms with van der Waals surface area (Å²) in [5, 5.41) is 4.58. The SMILES string of the molecule is COc1c(C)c(C2=CC(C)C(OCc3c(C)cccc3N=C=O)C=C2)nn1C. The van der Waals surface area contributed by atoms with Gasteiger partial charge in [-0.2, -0.15) is 10.1 Å². The largest absolute Gasteiger partial charge is 0.481 e. The Morgan fingerprint density at radius 1 is 1.32 bits per heavy atom. The first-order chi connectivity index (χ1) is 13.5. The van der Waals surface area contributed by atoms with E-state index >= 15 is 0 Å². The molecule has 6 heteroatoms. The Morgan fingerprint density at radius 3 is 2.75 bits per heavy atom. The molecule has 0 amide bonds. The van der Waals surface area contributed by atoms with Gasteiger partial charge in [-0.25, -0.2) is 9.48 Å². The average Bonchev–Trinajstić information content (AvgIpc) is 2.96. The zero-order valence-electron chi connectivity index (χ0n) is 16.9. The number of allylic oxidation sites excluding steroid dienone is 2. The molecule has 0 N–H and O–H groups in total. The zero-order chi connectivity index (χ0) is 20.3. The standard InChI is InChI=1S/C22H25N3O3/c1-14-7-6-8-19(23-13-26)18(14)12-28-20-10-9-17(11-15(20)2)21-16(3)22(27-5)25(4)24-21/h6-11,15,20H,12H2,1-5H3. The summed E-state index contributed by atoms with van der Waals surface area (Å²) in [4.78, 5) is 14.5. The van der Waals surface area contributed by atoms with E-state index in [1.54, 1.807) is 23.9 Å². The van der Waals surface area contributed by atoms with Crippen molar-refractivity contribution >= 4 is 17.3 Å². The maximum atomic E-state index is 10.7. The minimum absolute atomic E-state index is 0.0673. The lowest BCUT2D eigenvalue weighted by atomic mass is 9.92. The van der Waals surface area contributed by atoms with Crippen molar-refractivity contribution < 1.29 is 14.3 Å². The Hall–Kier alpha value is -2.95. The third-order valence-corrected chi connectivity index (χ3v) is 5.08. The number of carbonyl (C=O) groups excluding carboxylic acids is 1. The Kier molecular flexibility index (Phi) is 5.93. The van der Waals surface area contributed by atoms with Crippen LogP contribution in [-0.4, -0.2) is 29.1 Å². The van der Waals surface area contributed by atoms with Crippen LogP contribution in [0.15, 0.2) is 41.4 Å². The first-order valence-corrected chi connectivity index (χ1v) is 9.22. The Labute approximate surface area is 165 Å². The van der Waals surface area contributed by atoms with Crippen LogP contribution in [0.3, 0.4) is 0 Å². The van der Waals surface area contributed by atoms with E-state index in [-0.39, 0.29) is 12.0 Å². The van der Waals surface area contributed by atoms with Crippen molar-refractivity contribution in [3.63, 3.8) is 0 Å². The highest BCUT2D eigenvalue weighted by Gasteiger charge is 2.22. The number of isocyanates is 1. The van der Waals surface area contributed by atoms with Crippen molar-refractivity contribution in [1.29, 1.82) is 0 Å². The lowest BCUT2D eigenvalue weighted by Crippen LogP contribution is -2.21. The first kappa shape index (κ1) is 19.8. The molecule has 1 aliphatic carbocycles. The number of methoxy groups -OCH3 is 1. The molecule has 146 valence electrons. The molecular formula is C22H25N3O3. The van der Waals surface area contributed by atoms with E-state index in [1.807, 2.05) is 39.1 Å². The molecular weight excluding hydrogens is 354 g/mol. The minimum atomic E-state index is -0.0673. The maximum Gasteiger partial charge on any atom is 0.240 e. The Balaban J connectivity index is 1.75. The van der Waals surface area contributed by atoms with Gasteiger partial charge in [0.15, 0.2) is 0 Å². The molecule has 0 saturated heterocycles. The molecule has 2 aromatic rings. The fourth-order valence-corrected chi connectivity index (χ4v) is 3.55. The van der Waals surface area contributed by atoms with Crippen LogP contribution in [-0.2, 0) is 23.2 Å². The highest BCUT2D eigenvalue weighted by atomic mass is 16.5. The molecule has 2 unspecified atom stereocenters. The van der Waals surface area contributed by atoms with Gasteiger partial charge in [0, 0.05) is 24.1 Å². The van der Waals surface area contributed by atoms with E-state index < -0.39 is 0 Å². The van der Waals surface area contributed by atoms with Crippen molar-refractivity contribution in [1.82, 2.24) is 9.78 Å². The van der Waals surface area contributed by atoms with Gasteiger partial charge >= 0.3 is 0 Å². The molecule has 0 bridgehead atoms. The van der Waals surface area contributed by atoms with Crippen LogP contribution in [0.1, 0.15) is 29.3 Å². The van der Waals surface area contributed by atoms with Crippen molar-refractivity contribution in [3.05, 3.63) is 58.8 Å². The van der Waals surface area contributed by atoms with Gasteiger partial charge in [-0.05, 0) is 31.1 Å². The van der Waals surface area contributed by atoms with Crippen LogP contribution in [0, 0.1) is 19.8 Å². The fourth-order valence-electron chi connectivity index (χ4n) is 3.55. The summed E-state index contributed by atoms with van der Waals surface area (Å²) in [6.45, 7) is 6.49. The highest BCUT2D eigenvalue weighted by molar-refractivity contribution is 5.76. The molecule has 3 rings (SSSR count). The predicted octanol–water partition coefficient (Wildman–Crippen LogP) is 4.19. The average molecular weight is 379 g/mol. The topological polar surface area (TPSA) is 65.7 Å². The van der Waals surface area contributed by atoms with E-state index in [2.05, 4.69) is 29.2 Å². The van der Waals surface area contributed by atoms with E-state index in [0.717, 1.165) is 33.8 Å². The van der Waals surface area contributed by atoms with Gasteiger partial charge < -0.3 is 9.47 Å². The summed E-state index contributed by atoms with van der Waals surface area (Å²) < 4.78 is 13.3. The number of benzene rings is 1. The van der Waals surface area contributed by atoms with E-state index in [4.69, 9.17) is 9.47 Å². The summed E-state index contributed by atoms with van der Waals surface area (Å²) in [5.41, 5.74) is 5.55. The summed E-state index contributed by atoms with van der Waals surface area (Å²) >= 11 is 0. The molecule has 1 heterocycles. The quantitative estimate of drug-likeness (QED) is 0.558. The molecule has 28 heavy (non-hydrogen) atoms. The number of aryl methyl sites for hydroxylation is 2. The Bertz CT molecular complexity index is 981. The number of rotatable bonds is 6. The van der Waals surface area contributed by atoms with Crippen LogP contribution in [0.4, 0.5) is 5.69 Å². The van der Waals surface area contributed by atoms with Gasteiger partial charge in [-0.15, -0.1) is 0 Å². The summed E-state index contributed by atoms with van der Waals surface area (Å²) in [7, 11) is 3.53. The number of ether oxygens (including phenoxy) is 2. The van der Waals surface area contributed by atoms with Gasteiger partial charge in [-0.1, -0.05) is 37.3 Å². The number of nitrogens with zero attached hydrogens (tertiary/aromatic N) is 3. The van der Waals surface area contributed by atoms with Crippen molar-refractivity contribution in [3.8, 4) is 5.88 Å². The summed E-state index contributed by atoms with van der Waals surface area (Å²) in [6, 6.07) is 5.65. The normalized spacial score (nSPS) is 18.5. The molecule has 0 saturated carbocycles. The van der Waals surface area contributed by atoms with Gasteiger partial charge in [-0.3, -0.25) is 0 Å². The zero-order valence-corrected chi connectivity index (χ0v) is 16.9.